The van der Waals surface area contributed by atoms with Crippen LogP contribution < -0.4 is 0 Å². The van der Waals surface area contributed by atoms with Gasteiger partial charge in [0.25, 0.3) is 0 Å². The van der Waals surface area contributed by atoms with Crippen molar-refractivity contribution in [1.82, 2.24) is 0 Å². The molecule has 0 aliphatic heterocycles. The Kier molecular flexibility index (Phi) is 7.29. The summed E-state index contributed by atoms with van der Waals surface area (Å²) in [5.74, 6) is 0.672. The van der Waals surface area contributed by atoms with Crippen molar-refractivity contribution in [3.05, 3.63) is 36.5 Å². The SMILES string of the molecule is C=C[C@@](C)(CCC=C(C)C)[C@H](O)/C=C/C1CCCCC1. The second-order valence-corrected chi connectivity index (χ2v) is 6.76. The van der Waals surface area contributed by atoms with E-state index in [1.54, 1.807) is 0 Å². The number of allylic oxidation sites excluding steroid dienone is 3. The zero-order chi connectivity index (χ0) is 15.0. The minimum atomic E-state index is -0.424. The van der Waals surface area contributed by atoms with E-state index in [0.717, 1.165) is 12.8 Å². The van der Waals surface area contributed by atoms with Crippen LogP contribution in [0.15, 0.2) is 36.5 Å². The smallest absolute Gasteiger partial charge is 0.0808 e. The molecule has 1 fully saturated rings. The average molecular weight is 276 g/mol. The molecule has 0 aromatic carbocycles. The van der Waals surface area contributed by atoms with Gasteiger partial charge in [-0.2, -0.15) is 0 Å². The lowest BCUT2D eigenvalue weighted by Gasteiger charge is -2.30. The Morgan fingerprint density at radius 3 is 2.50 bits per heavy atom. The van der Waals surface area contributed by atoms with Crippen molar-refractivity contribution in [2.24, 2.45) is 11.3 Å². The summed E-state index contributed by atoms with van der Waals surface area (Å²) in [7, 11) is 0. The molecule has 0 saturated heterocycles. The Labute approximate surface area is 125 Å². The highest BCUT2D eigenvalue weighted by atomic mass is 16.3. The third-order valence-corrected chi connectivity index (χ3v) is 4.59. The molecule has 1 aliphatic rings. The molecule has 0 amide bonds. The molecule has 0 radical (unpaired) electrons. The standard InChI is InChI=1S/C19H32O/c1-5-19(4,15-9-10-16(2)3)18(20)14-13-17-11-7-6-8-12-17/h5,10,13-14,17-18,20H,1,6-9,11-12,15H2,2-4H3/b14-13+/t18-,19+/m1/s1. The maximum absolute atomic E-state index is 10.5. The van der Waals surface area contributed by atoms with Gasteiger partial charge >= 0.3 is 0 Å². The molecule has 1 rings (SSSR count). The fourth-order valence-electron chi connectivity index (χ4n) is 2.85. The van der Waals surface area contributed by atoms with E-state index in [1.165, 1.54) is 37.7 Å². The Balaban J connectivity index is 2.55. The highest BCUT2D eigenvalue weighted by Crippen LogP contribution is 2.32. The van der Waals surface area contributed by atoms with Gasteiger partial charge in [-0.3, -0.25) is 0 Å². The van der Waals surface area contributed by atoms with Crippen molar-refractivity contribution >= 4 is 0 Å². The molecule has 0 unspecified atom stereocenters. The van der Waals surface area contributed by atoms with Gasteiger partial charge in [0.2, 0.25) is 0 Å². The first kappa shape index (κ1) is 17.2. The number of rotatable bonds is 7. The average Bonchev–Trinajstić information content (AvgIpc) is 2.45. The van der Waals surface area contributed by atoms with Crippen LogP contribution in [0.4, 0.5) is 0 Å². The topological polar surface area (TPSA) is 20.2 Å². The van der Waals surface area contributed by atoms with Crippen molar-refractivity contribution in [3.63, 3.8) is 0 Å². The molecule has 1 heteroatoms. The zero-order valence-electron chi connectivity index (χ0n) is 13.6. The molecule has 20 heavy (non-hydrogen) atoms. The molecular formula is C19H32O. The molecule has 0 bridgehead atoms. The van der Waals surface area contributed by atoms with Crippen LogP contribution in [0.2, 0.25) is 0 Å². The second-order valence-electron chi connectivity index (χ2n) is 6.76. The van der Waals surface area contributed by atoms with Crippen molar-refractivity contribution in [2.45, 2.75) is 71.8 Å². The number of aliphatic hydroxyl groups excluding tert-OH is 1. The van der Waals surface area contributed by atoms with Gasteiger partial charge in [0, 0.05) is 5.41 Å². The van der Waals surface area contributed by atoms with Crippen molar-refractivity contribution < 1.29 is 5.11 Å². The highest BCUT2D eigenvalue weighted by molar-refractivity contribution is 5.08. The summed E-state index contributed by atoms with van der Waals surface area (Å²) in [6, 6.07) is 0. The van der Waals surface area contributed by atoms with Gasteiger partial charge < -0.3 is 5.11 Å². The van der Waals surface area contributed by atoms with Crippen molar-refractivity contribution in [1.29, 1.82) is 0 Å². The number of aliphatic hydroxyl groups is 1. The molecule has 114 valence electrons. The lowest BCUT2D eigenvalue weighted by molar-refractivity contribution is 0.106. The van der Waals surface area contributed by atoms with Crippen LogP contribution in [-0.4, -0.2) is 11.2 Å². The lowest BCUT2D eigenvalue weighted by Crippen LogP contribution is -2.28. The van der Waals surface area contributed by atoms with Crippen LogP contribution in [0.5, 0.6) is 0 Å². The molecule has 1 N–H and O–H groups in total. The first-order valence-electron chi connectivity index (χ1n) is 8.11. The summed E-state index contributed by atoms with van der Waals surface area (Å²) in [4.78, 5) is 0. The van der Waals surface area contributed by atoms with E-state index in [9.17, 15) is 5.11 Å². The Morgan fingerprint density at radius 2 is 1.95 bits per heavy atom. The fraction of sp³-hybridized carbons (Fsp3) is 0.684. The van der Waals surface area contributed by atoms with Gasteiger partial charge in [0.05, 0.1) is 6.10 Å². The molecule has 0 heterocycles. The number of hydrogen-bond acceptors (Lipinski definition) is 1. The molecule has 0 aromatic rings. The first-order valence-corrected chi connectivity index (χ1v) is 8.11. The summed E-state index contributed by atoms with van der Waals surface area (Å²) in [5.41, 5.74) is 1.11. The summed E-state index contributed by atoms with van der Waals surface area (Å²) in [5, 5.41) is 10.5. The molecule has 2 atom stereocenters. The zero-order valence-corrected chi connectivity index (χ0v) is 13.6. The lowest BCUT2D eigenvalue weighted by atomic mass is 9.79. The Morgan fingerprint density at radius 1 is 1.30 bits per heavy atom. The van der Waals surface area contributed by atoms with Gasteiger partial charge in [0.1, 0.15) is 0 Å². The summed E-state index contributed by atoms with van der Waals surface area (Å²) in [6.07, 6.45) is 16.5. The second kappa shape index (κ2) is 8.46. The predicted octanol–water partition coefficient (Wildman–Crippen LogP) is 5.42. The van der Waals surface area contributed by atoms with Crippen LogP contribution in [0.3, 0.4) is 0 Å². The van der Waals surface area contributed by atoms with Crippen LogP contribution in [0.1, 0.15) is 65.7 Å². The van der Waals surface area contributed by atoms with Crippen LogP contribution >= 0.6 is 0 Å². The molecule has 1 saturated carbocycles. The molecule has 0 spiro atoms. The third kappa shape index (κ3) is 5.66. The maximum atomic E-state index is 10.5. The Bertz CT molecular complexity index is 343. The Hall–Kier alpha value is -0.820. The fourth-order valence-corrected chi connectivity index (χ4v) is 2.85. The van der Waals surface area contributed by atoms with Crippen molar-refractivity contribution in [2.75, 3.05) is 0 Å². The monoisotopic (exact) mass is 276 g/mol. The molecular weight excluding hydrogens is 244 g/mol. The van der Waals surface area contributed by atoms with E-state index in [4.69, 9.17) is 0 Å². The van der Waals surface area contributed by atoms with Crippen LogP contribution in [0, 0.1) is 11.3 Å². The van der Waals surface area contributed by atoms with Crippen molar-refractivity contribution in [3.8, 4) is 0 Å². The number of hydrogen-bond donors (Lipinski definition) is 1. The van der Waals surface area contributed by atoms with Crippen LogP contribution in [-0.2, 0) is 0 Å². The molecule has 1 aliphatic carbocycles. The van der Waals surface area contributed by atoms with Gasteiger partial charge in [-0.25, -0.2) is 0 Å². The van der Waals surface area contributed by atoms with Crippen LogP contribution in [0.25, 0.3) is 0 Å². The molecule has 1 nitrogen and oxygen atoms in total. The van der Waals surface area contributed by atoms with E-state index in [0.29, 0.717) is 5.92 Å². The van der Waals surface area contributed by atoms with Gasteiger partial charge in [-0.15, -0.1) is 6.58 Å². The van der Waals surface area contributed by atoms with Gasteiger partial charge in [0.15, 0.2) is 0 Å². The summed E-state index contributed by atoms with van der Waals surface area (Å²) >= 11 is 0. The van der Waals surface area contributed by atoms with Gasteiger partial charge in [-0.05, 0) is 45.4 Å². The van der Waals surface area contributed by atoms with E-state index in [1.807, 2.05) is 12.2 Å². The van der Waals surface area contributed by atoms with E-state index in [-0.39, 0.29) is 5.41 Å². The summed E-state index contributed by atoms with van der Waals surface area (Å²) < 4.78 is 0. The largest absolute Gasteiger partial charge is 0.388 e. The van der Waals surface area contributed by atoms with E-state index < -0.39 is 6.10 Å². The molecule has 0 aromatic heterocycles. The minimum Gasteiger partial charge on any atom is -0.388 e. The van der Waals surface area contributed by atoms with E-state index in [2.05, 4.69) is 39.5 Å². The quantitative estimate of drug-likeness (QED) is 0.615. The van der Waals surface area contributed by atoms with E-state index >= 15 is 0 Å². The van der Waals surface area contributed by atoms with Gasteiger partial charge in [-0.1, -0.05) is 56.1 Å². The first-order chi connectivity index (χ1) is 9.48. The third-order valence-electron chi connectivity index (χ3n) is 4.59. The highest BCUT2D eigenvalue weighted by Gasteiger charge is 2.27. The summed E-state index contributed by atoms with van der Waals surface area (Å²) in [6.45, 7) is 10.3. The normalized spacial score (nSPS) is 21.4. The predicted molar refractivity (Wildman–Crippen MR) is 88.7 cm³/mol. The minimum absolute atomic E-state index is 0.225. The maximum Gasteiger partial charge on any atom is 0.0808 e.